The minimum absolute atomic E-state index is 0.0388. The number of aromatic nitrogens is 2. The summed E-state index contributed by atoms with van der Waals surface area (Å²) in [5, 5.41) is 4.09. The number of rotatable bonds is 7. The number of carbonyl (C=O) groups is 1. The molecule has 5 rings (SSSR count). The molecule has 3 heterocycles. The van der Waals surface area contributed by atoms with Gasteiger partial charge in [-0.1, -0.05) is 5.16 Å². The van der Waals surface area contributed by atoms with Crippen LogP contribution in [0.1, 0.15) is 11.5 Å². The van der Waals surface area contributed by atoms with Crippen LogP contribution < -0.4 is 18.9 Å². The number of hydrogen-bond acceptors (Lipinski definition) is 9. The first kappa shape index (κ1) is 23.7. The molecule has 0 unspecified atom stereocenters. The molecule has 2 aliphatic heterocycles. The lowest BCUT2D eigenvalue weighted by Crippen LogP contribution is -2.47. The van der Waals surface area contributed by atoms with E-state index >= 15 is 0 Å². The molecule has 1 saturated heterocycles. The van der Waals surface area contributed by atoms with E-state index in [-0.39, 0.29) is 5.91 Å². The zero-order valence-electron chi connectivity index (χ0n) is 20.3. The summed E-state index contributed by atoms with van der Waals surface area (Å²) < 4.78 is 27.3. The normalized spacial score (nSPS) is 15.8. The Kier molecular flexibility index (Phi) is 7.03. The van der Waals surface area contributed by atoms with E-state index in [2.05, 4.69) is 15.0 Å². The fourth-order valence-corrected chi connectivity index (χ4v) is 4.16. The van der Waals surface area contributed by atoms with Gasteiger partial charge in [0.05, 0.1) is 20.8 Å². The van der Waals surface area contributed by atoms with Gasteiger partial charge in [-0.2, -0.15) is 4.98 Å². The molecule has 0 N–H and O–H groups in total. The highest BCUT2D eigenvalue weighted by Gasteiger charge is 2.22. The number of ether oxygens (including phenoxy) is 4. The van der Waals surface area contributed by atoms with Gasteiger partial charge in [0.2, 0.25) is 23.4 Å². The van der Waals surface area contributed by atoms with E-state index in [1.165, 1.54) is 0 Å². The monoisotopic (exact) mass is 492 g/mol. The number of fused-ring (bicyclic) bond motifs is 1. The van der Waals surface area contributed by atoms with Gasteiger partial charge < -0.3 is 28.4 Å². The Morgan fingerprint density at radius 2 is 1.81 bits per heavy atom. The Hall–Kier alpha value is -4.05. The van der Waals surface area contributed by atoms with Crippen LogP contribution in [0.3, 0.4) is 0 Å². The van der Waals surface area contributed by atoms with Gasteiger partial charge in [0.25, 0.3) is 0 Å². The first-order valence-corrected chi connectivity index (χ1v) is 11.8. The average Bonchev–Trinajstić information content (AvgIpc) is 3.40. The molecule has 2 aromatic carbocycles. The summed E-state index contributed by atoms with van der Waals surface area (Å²) in [7, 11) is 3.21. The number of piperazine rings is 1. The van der Waals surface area contributed by atoms with E-state index < -0.39 is 0 Å². The van der Waals surface area contributed by atoms with Crippen LogP contribution in [-0.4, -0.2) is 79.5 Å². The van der Waals surface area contributed by atoms with Crippen LogP contribution in [0, 0.1) is 0 Å². The fraction of sp³-hybridized carbons (Fsp3) is 0.346. The van der Waals surface area contributed by atoms with E-state index in [0.717, 1.165) is 30.0 Å². The Balaban J connectivity index is 1.14. The Labute approximate surface area is 209 Å². The van der Waals surface area contributed by atoms with Gasteiger partial charge in [-0.05, 0) is 48.0 Å². The van der Waals surface area contributed by atoms with Gasteiger partial charge in [-0.15, -0.1) is 0 Å². The molecule has 0 bridgehead atoms. The van der Waals surface area contributed by atoms with Gasteiger partial charge in [0.15, 0.2) is 11.5 Å². The summed E-state index contributed by atoms with van der Waals surface area (Å²) in [6.07, 6.45) is 3.36. The van der Waals surface area contributed by atoms with Crippen LogP contribution in [0.5, 0.6) is 23.0 Å². The minimum atomic E-state index is -0.0388. The predicted molar refractivity (Wildman–Crippen MR) is 131 cm³/mol. The van der Waals surface area contributed by atoms with Gasteiger partial charge in [-0.25, -0.2) is 0 Å². The van der Waals surface area contributed by atoms with Crippen molar-refractivity contribution in [1.29, 1.82) is 0 Å². The number of nitrogens with zero attached hydrogens (tertiary/aromatic N) is 4. The molecule has 0 radical (unpaired) electrons. The molecular formula is C26H28N4O6. The quantitative estimate of drug-likeness (QED) is 0.461. The highest BCUT2D eigenvalue weighted by Crippen LogP contribution is 2.40. The molecule has 1 aromatic heterocycles. The molecular weight excluding hydrogens is 464 g/mol. The third-order valence-electron chi connectivity index (χ3n) is 6.13. The van der Waals surface area contributed by atoms with Crippen molar-refractivity contribution in [3.8, 4) is 34.4 Å². The van der Waals surface area contributed by atoms with Gasteiger partial charge in [0, 0.05) is 37.8 Å². The maximum atomic E-state index is 12.8. The molecule has 188 valence electrons. The van der Waals surface area contributed by atoms with Crippen LogP contribution in [0.2, 0.25) is 0 Å². The van der Waals surface area contributed by atoms with Gasteiger partial charge in [-0.3, -0.25) is 9.69 Å². The molecule has 0 spiro atoms. The van der Waals surface area contributed by atoms with Crippen molar-refractivity contribution in [2.45, 2.75) is 6.54 Å². The first-order valence-electron chi connectivity index (χ1n) is 11.8. The standard InChI is InChI=1S/C26H28N4O6/c1-32-20-6-4-19(5-7-20)26-27-23(36-28-26)17-29-9-11-30(12-10-29)24(31)8-3-18-15-21(33-2)25-22(16-18)34-13-14-35-25/h3-8,15-16H,9-14,17H2,1-2H3/b8-3+. The fourth-order valence-electron chi connectivity index (χ4n) is 4.16. The Morgan fingerprint density at radius 1 is 1.03 bits per heavy atom. The summed E-state index contributed by atoms with van der Waals surface area (Å²) in [4.78, 5) is 21.3. The summed E-state index contributed by atoms with van der Waals surface area (Å²) in [6, 6.07) is 11.2. The SMILES string of the molecule is COc1ccc(-c2noc(CN3CCN(C(=O)/C=C/c4cc(OC)c5c(c4)OCCO5)CC3)n2)cc1. The van der Waals surface area contributed by atoms with Gasteiger partial charge in [0.1, 0.15) is 19.0 Å². The lowest BCUT2D eigenvalue weighted by atomic mass is 10.1. The van der Waals surface area contributed by atoms with Crippen LogP contribution in [0.15, 0.2) is 47.0 Å². The van der Waals surface area contributed by atoms with Crippen LogP contribution in [0.4, 0.5) is 0 Å². The number of methoxy groups -OCH3 is 2. The molecule has 10 nitrogen and oxygen atoms in total. The smallest absolute Gasteiger partial charge is 0.246 e. The van der Waals surface area contributed by atoms with Crippen molar-refractivity contribution < 1.29 is 28.3 Å². The molecule has 3 aromatic rings. The average molecular weight is 493 g/mol. The van der Waals surface area contributed by atoms with Crippen molar-refractivity contribution >= 4 is 12.0 Å². The lowest BCUT2D eigenvalue weighted by Gasteiger charge is -2.33. The van der Waals surface area contributed by atoms with Crippen molar-refractivity contribution in [1.82, 2.24) is 19.9 Å². The predicted octanol–water partition coefficient (Wildman–Crippen LogP) is 2.88. The molecule has 36 heavy (non-hydrogen) atoms. The largest absolute Gasteiger partial charge is 0.497 e. The third kappa shape index (κ3) is 5.28. The van der Waals surface area contributed by atoms with Crippen LogP contribution in [-0.2, 0) is 11.3 Å². The number of hydrogen-bond donors (Lipinski definition) is 0. The van der Waals surface area contributed by atoms with E-state index in [1.54, 1.807) is 26.4 Å². The summed E-state index contributed by atoms with van der Waals surface area (Å²) in [5.74, 6) is 3.64. The van der Waals surface area contributed by atoms with Crippen molar-refractivity contribution in [3.63, 3.8) is 0 Å². The molecule has 1 fully saturated rings. The Bertz CT molecular complexity index is 1210. The van der Waals surface area contributed by atoms with E-state index in [4.69, 9.17) is 23.5 Å². The zero-order valence-corrected chi connectivity index (χ0v) is 20.3. The first-order chi connectivity index (χ1) is 17.6. The second-order valence-electron chi connectivity index (χ2n) is 8.42. The topological polar surface area (TPSA) is 99.4 Å². The summed E-state index contributed by atoms with van der Waals surface area (Å²) in [5.41, 5.74) is 1.68. The maximum absolute atomic E-state index is 12.8. The maximum Gasteiger partial charge on any atom is 0.246 e. The molecule has 0 saturated carbocycles. The van der Waals surface area contributed by atoms with Crippen molar-refractivity contribution in [2.24, 2.45) is 0 Å². The number of amides is 1. The zero-order chi connectivity index (χ0) is 24.9. The van der Waals surface area contributed by atoms with Gasteiger partial charge >= 0.3 is 0 Å². The third-order valence-corrected chi connectivity index (χ3v) is 6.13. The van der Waals surface area contributed by atoms with Crippen molar-refractivity contribution in [2.75, 3.05) is 53.6 Å². The Morgan fingerprint density at radius 3 is 2.56 bits per heavy atom. The highest BCUT2D eigenvalue weighted by molar-refractivity contribution is 5.92. The molecule has 1 amide bonds. The van der Waals surface area contributed by atoms with E-state index in [9.17, 15) is 4.79 Å². The lowest BCUT2D eigenvalue weighted by molar-refractivity contribution is -0.127. The highest BCUT2D eigenvalue weighted by atomic mass is 16.6. The second kappa shape index (κ2) is 10.7. The summed E-state index contributed by atoms with van der Waals surface area (Å²) >= 11 is 0. The second-order valence-corrected chi connectivity index (χ2v) is 8.42. The summed E-state index contributed by atoms with van der Waals surface area (Å²) in [6.45, 7) is 4.19. The number of carbonyl (C=O) groups excluding carboxylic acids is 1. The van der Waals surface area contributed by atoms with Crippen LogP contribution >= 0.6 is 0 Å². The molecule has 0 atom stereocenters. The molecule has 10 heteroatoms. The minimum Gasteiger partial charge on any atom is -0.497 e. The van der Waals surface area contributed by atoms with Crippen molar-refractivity contribution in [3.05, 3.63) is 53.9 Å². The van der Waals surface area contributed by atoms with Crippen LogP contribution in [0.25, 0.3) is 17.5 Å². The van der Waals surface area contributed by atoms with E-state index in [0.29, 0.717) is 61.8 Å². The van der Waals surface area contributed by atoms with E-state index in [1.807, 2.05) is 41.3 Å². The molecule has 2 aliphatic rings. The number of benzene rings is 2. The molecule has 0 aliphatic carbocycles.